The molecule has 2 heteroatoms. The Morgan fingerprint density at radius 2 is 1.25 bits per heavy atom. The van der Waals surface area contributed by atoms with Crippen LogP contribution in [0.5, 0.6) is 0 Å². The van der Waals surface area contributed by atoms with Crippen molar-refractivity contribution >= 4 is 25.2 Å². The van der Waals surface area contributed by atoms with Crippen molar-refractivity contribution in [3.05, 3.63) is 0 Å². The van der Waals surface area contributed by atoms with E-state index in [1.54, 1.807) is 0 Å². The number of rotatable bonds is 2. The Kier molecular flexibility index (Phi) is 4.47. The van der Waals surface area contributed by atoms with E-state index in [9.17, 15) is 0 Å². The molecule has 8 heavy (non-hydrogen) atoms. The minimum absolute atomic E-state index is 0.718. The molecule has 0 unspecified atom stereocenters. The van der Waals surface area contributed by atoms with Crippen LogP contribution in [-0.2, 0) is 0 Å². The van der Waals surface area contributed by atoms with E-state index in [1.165, 1.54) is 0 Å². The second kappa shape index (κ2) is 3.95. The van der Waals surface area contributed by atoms with Crippen LogP contribution in [0.15, 0.2) is 0 Å². The maximum atomic E-state index is 3.34. The van der Waals surface area contributed by atoms with E-state index in [0.717, 1.165) is 9.63 Å². The van der Waals surface area contributed by atoms with E-state index in [0.29, 0.717) is 0 Å². The molecule has 0 N–H and O–H groups in total. The summed E-state index contributed by atoms with van der Waals surface area (Å²) in [7, 11) is 0. The molecule has 0 aromatic carbocycles. The first-order chi connectivity index (χ1) is 3.55. The summed E-state index contributed by atoms with van der Waals surface area (Å²) >= 11 is 2.62. The van der Waals surface area contributed by atoms with Gasteiger partial charge in [0.1, 0.15) is 0 Å². The first-order valence-corrected chi connectivity index (χ1v) is 10.8. The van der Waals surface area contributed by atoms with Crippen LogP contribution in [0, 0.1) is 0 Å². The molecule has 0 rings (SSSR count). The molecule has 0 aliphatic carbocycles. The summed E-state index contributed by atoms with van der Waals surface area (Å²) in [5.74, 6) is 0. The summed E-state index contributed by atoms with van der Waals surface area (Å²) in [6.45, 7) is 9.30. The van der Waals surface area contributed by atoms with Crippen LogP contribution in [0.4, 0.5) is 0 Å². The molecule has 0 bridgehead atoms. The molecule has 0 atom stereocenters. The van der Waals surface area contributed by atoms with Crippen molar-refractivity contribution < 1.29 is 0 Å². The van der Waals surface area contributed by atoms with Crippen molar-refractivity contribution in [2.24, 2.45) is 0 Å². The van der Waals surface area contributed by atoms with E-state index in [-0.39, 0.29) is 0 Å². The van der Waals surface area contributed by atoms with Crippen molar-refractivity contribution in [3.8, 4) is 0 Å². The molecule has 0 aromatic heterocycles. The van der Waals surface area contributed by atoms with Gasteiger partial charge in [-0.1, -0.05) is 0 Å². The molecule has 0 saturated carbocycles. The standard InChI is InChI=1S/C6H16Se2/c1-5(2)8(7)6(3)4/h5-6H,8H2,1-4H3. The van der Waals surface area contributed by atoms with Crippen molar-refractivity contribution in [1.29, 1.82) is 0 Å². The van der Waals surface area contributed by atoms with Crippen LogP contribution in [0.2, 0.25) is 9.63 Å². The maximum absolute atomic E-state index is 3.34. The average Bonchev–Trinajstić information content (AvgIpc) is 1.64. The third-order valence-electron chi connectivity index (χ3n) is 1.14. The summed E-state index contributed by atoms with van der Waals surface area (Å²) in [6.07, 6.45) is 0. The summed E-state index contributed by atoms with van der Waals surface area (Å²) in [6, 6.07) is 0. The summed E-state index contributed by atoms with van der Waals surface area (Å²) in [4.78, 5) is 1.91. The second-order valence-electron chi connectivity index (χ2n) is 2.71. The van der Waals surface area contributed by atoms with Crippen LogP contribution in [0.1, 0.15) is 27.7 Å². The number of hydrogen-bond donors (Lipinski definition) is 0. The van der Waals surface area contributed by atoms with Crippen LogP contribution in [-0.4, -0.2) is 25.2 Å². The second-order valence-corrected chi connectivity index (χ2v) is 14.4. The van der Waals surface area contributed by atoms with E-state index in [1.807, 2.05) is 0 Å². The summed E-state index contributed by atoms with van der Waals surface area (Å²) in [5.41, 5.74) is 0. The SMILES string of the molecule is CC(C)[SeH2](=[Se])C(C)C. The van der Waals surface area contributed by atoms with E-state index < -0.39 is 11.5 Å². The first kappa shape index (κ1) is 9.04. The van der Waals surface area contributed by atoms with E-state index in [4.69, 9.17) is 0 Å². The molecular weight excluding hydrogens is 230 g/mol. The molecular formula is C6H16Se2. The van der Waals surface area contributed by atoms with Gasteiger partial charge in [0, 0.05) is 0 Å². The molecule has 0 aliphatic heterocycles. The van der Waals surface area contributed by atoms with Gasteiger partial charge in [-0.25, -0.2) is 0 Å². The van der Waals surface area contributed by atoms with Crippen molar-refractivity contribution in [3.63, 3.8) is 0 Å². The fraction of sp³-hybridized carbons (Fsp3) is 1.00. The van der Waals surface area contributed by atoms with Crippen molar-refractivity contribution in [2.45, 2.75) is 37.3 Å². The van der Waals surface area contributed by atoms with Gasteiger partial charge in [0.15, 0.2) is 0 Å². The fourth-order valence-corrected chi connectivity index (χ4v) is 3.46. The van der Waals surface area contributed by atoms with Gasteiger partial charge >= 0.3 is 62.5 Å². The van der Waals surface area contributed by atoms with Crippen LogP contribution in [0.25, 0.3) is 0 Å². The van der Waals surface area contributed by atoms with Gasteiger partial charge in [0.2, 0.25) is 0 Å². The predicted octanol–water partition coefficient (Wildman–Crippen LogP) is 1.43. The molecule has 0 nitrogen and oxygen atoms in total. The van der Waals surface area contributed by atoms with Crippen LogP contribution >= 0.6 is 0 Å². The summed E-state index contributed by atoms with van der Waals surface area (Å²) < 4.78 is 0. The molecule has 0 amide bonds. The summed E-state index contributed by atoms with van der Waals surface area (Å²) in [5, 5.41) is 0. The van der Waals surface area contributed by atoms with Gasteiger partial charge in [-0.15, -0.1) is 0 Å². The molecule has 0 radical (unpaired) electrons. The molecule has 52 valence electrons. The molecule has 0 aromatic rings. The first-order valence-electron chi connectivity index (χ1n) is 3.09. The Hall–Kier alpha value is 1.04. The Labute approximate surface area is 62.6 Å². The molecule has 0 heterocycles. The monoisotopic (exact) mass is 248 g/mol. The normalized spacial score (nSPS) is 13.0. The van der Waals surface area contributed by atoms with Gasteiger partial charge in [0.05, 0.1) is 0 Å². The van der Waals surface area contributed by atoms with Gasteiger partial charge in [0.25, 0.3) is 0 Å². The molecule has 0 aliphatic rings. The Morgan fingerprint density at radius 3 is 1.25 bits per heavy atom. The molecule has 0 saturated heterocycles. The average molecular weight is 246 g/mol. The van der Waals surface area contributed by atoms with E-state index in [2.05, 4.69) is 41.3 Å². The third-order valence-corrected chi connectivity index (χ3v) is 16.2. The van der Waals surface area contributed by atoms with Gasteiger partial charge in [-0.2, -0.15) is 0 Å². The van der Waals surface area contributed by atoms with Gasteiger partial charge in [-0.3, -0.25) is 0 Å². The Balaban J connectivity index is 3.65. The Morgan fingerprint density at radius 1 is 1.00 bits per heavy atom. The molecule has 0 spiro atoms. The number of hydrogen-bond acceptors (Lipinski definition) is 0. The predicted molar refractivity (Wildman–Crippen MR) is 44.5 cm³/mol. The Bertz CT molecular complexity index is 74.5. The van der Waals surface area contributed by atoms with Crippen LogP contribution < -0.4 is 0 Å². The quantitative estimate of drug-likeness (QED) is 0.646. The zero-order valence-electron chi connectivity index (χ0n) is 6.06. The zero-order chi connectivity index (χ0) is 6.73. The topological polar surface area (TPSA) is 0 Å². The van der Waals surface area contributed by atoms with Gasteiger partial charge < -0.3 is 0 Å². The minimum atomic E-state index is -0.718. The van der Waals surface area contributed by atoms with Crippen LogP contribution in [0.3, 0.4) is 0 Å². The van der Waals surface area contributed by atoms with Crippen molar-refractivity contribution in [2.75, 3.05) is 0 Å². The van der Waals surface area contributed by atoms with E-state index >= 15 is 0 Å². The van der Waals surface area contributed by atoms with Crippen molar-refractivity contribution in [1.82, 2.24) is 0 Å². The third kappa shape index (κ3) is 3.14. The zero-order valence-corrected chi connectivity index (χ0v) is 9.87. The fourth-order valence-electron chi connectivity index (χ4n) is 0.667. The van der Waals surface area contributed by atoms with Gasteiger partial charge in [-0.05, 0) is 0 Å². The molecule has 0 fully saturated rings.